The van der Waals surface area contributed by atoms with Crippen LogP contribution in [0.2, 0.25) is 0 Å². The van der Waals surface area contributed by atoms with Gasteiger partial charge in [0, 0.05) is 18.4 Å². The van der Waals surface area contributed by atoms with Crippen molar-refractivity contribution in [3.63, 3.8) is 0 Å². The summed E-state index contributed by atoms with van der Waals surface area (Å²) in [4.78, 5) is 33.7. The maximum atomic E-state index is 11.9. The summed E-state index contributed by atoms with van der Waals surface area (Å²) in [6.07, 6.45) is 7.11. The molecule has 4 N–H and O–H groups in total. The largest absolute Gasteiger partial charge is 0.465 e. The van der Waals surface area contributed by atoms with E-state index in [-0.39, 0.29) is 5.69 Å². The molecule has 0 radical (unpaired) electrons. The Bertz CT molecular complexity index is 957. The lowest BCUT2D eigenvalue weighted by molar-refractivity contribution is 0.0601. The average Bonchev–Trinajstić information content (AvgIpc) is 3.07. The molecule has 1 amide bonds. The molecule has 1 aliphatic carbocycles. The number of nitrogens with one attached hydrogen (secondary N) is 2. The van der Waals surface area contributed by atoms with Gasteiger partial charge >= 0.3 is 5.97 Å². The molecule has 4 rings (SSSR count). The number of methoxy groups -OCH3 is 1. The zero-order valence-corrected chi connectivity index (χ0v) is 14.7. The Morgan fingerprint density at radius 2 is 2.19 bits per heavy atom. The predicted octanol–water partition coefficient (Wildman–Crippen LogP) is 2.05. The highest BCUT2D eigenvalue weighted by Gasteiger charge is 2.34. The van der Waals surface area contributed by atoms with Gasteiger partial charge in [-0.05, 0) is 18.9 Å². The number of hydrogen-bond acceptors (Lipinski definition) is 7. The molecule has 1 fully saturated rings. The summed E-state index contributed by atoms with van der Waals surface area (Å²) in [6.45, 7) is 0. The van der Waals surface area contributed by atoms with Crippen LogP contribution in [0.4, 0.5) is 10.8 Å². The minimum atomic E-state index is -0.625. The van der Waals surface area contributed by atoms with Crippen LogP contribution in [0, 0.1) is 0 Å². The smallest absolute Gasteiger partial charge is 0.339 e. The van der Waals surface area contributed by atoms with E-state index in [4.69, 9.17) is 10.5 Å². The fraction of sp³-hybridized carbons (Fsp3) is 0.250. The summed E-state index contributed by atoms with van der Waals surface area (Å²) in [6, 6.07) is 1.94. The molecule has 0 atom stereocenters. The van der Waals surface area contributed by atoms with Crippen LogP contribution in [-0.2, 0) is 4.74 Å². The van der Waals surface area contributed by atoms with Gasteiger partial charge in [-0.2, -0.15) is 5.10 Å². The second kappa shape index (κ2) is 6.30. The van der Waals surface area contributed by atoms with Crippen molar-refractivity contribution in [2.75, 3.05) is 12.0 Å². The van der Waals surface area contributed by atoms with Gasteiger partial charge in [0.25, 0.3) is 5.91 Å². The number of aromatic amines is 2. The Morgan fingerprint density at radius 3 is 2.81 bits per heavy atom. The lowest BCUT2D eigenvalue weighted by atomic mass is 10.2. The minimum absolute atomic E-state index is 0.164. The van der Waals surface area contributed by atoms with Crippen molar-refractivity contribution in [3.8, 4) is 10.6 Å². The van der Waals surface area contributed by atoms with Gasteiger partial charge in [-0.15, -0.1) is 0 Å². The summed E-state index contributed by atoms with van der Waals surface area (Å²) >= 11 is 1.34. The van der Waals surface area contributed by atoms with Crippen LogP contribution in [0.15, 0.2) is 24.7 Å². The number of carbonyl (C=O) groups excluding carboxylic acids is 2. The molecule has 0 saturated heterocycles. The Hall–Kier alpha value is -3.14. The third kappa shape index (κ3) is 2.84. The molecule has 134 valence electrons. The SMILES string of the molecule is COC(=O)c1c[nH]c(-c2sc(N(c3cn[nH]c3)C3CC3)nc2C(N)=O)c1. The number of nitrogens with two attached hydrogens (primary N) is 1. The molecule has 0 unspecified atom stereocenters. The number of hydrogen-bond donors (Lipinski definition) is 3. The van der Waals surface area contributed by atoms with E-state index in [0.717, 1.165) is 18.5 Å². The zero-order valence-electron chi connectivity index (χ0n) is 13.9. The summed E-state index contributed by atoms with van der Waals surface area (Å²) in [5.41, 5.74) is 7.53. The van der Waals surface area contributed by atoms with Crippen molar-refractivity contribution >= 4 is 34.0 Å². The van der Waals surface area contributed by atoms with Crippen LogP contribution >= 0.6 is 11.3 Å². The first kappa shape index (κ1) is 16.3. The summed E-state index contributed by atoms with van der Waals surface area (Å²) in [5.74, 6) is -1.09. The maximum Gasteiger partial charge on any atom is 0.339 e. The summed E-state index contributed by atoms with van der Waals surface area (Å²) in [5, 5.41) is 7.45. The number of ether oxygens (including phenoxy) is 1. The molecule has 9 nitrogen and oxygen atoms in total. The molecule has 0 aliphatic heterocycles. The number of rotatable bonds is 6. The molecule has 3 aromatic rings. The number of carbonyl (C=O) groups is 2. The number of amides is 1. The molecule has 3 heterocycles. The van der Waals surface area contributed by atoms with Crippen molar-refractivity contribution < 1.29 is 14.3 Å². The van der Waals surface area contributed by atoms with Gasteiger partial charge in [-0.1, -0.05) is 11.3 Å². The number of primary amides is 1. The zero-order chi connectivity index (χ0) is 18.3. The normalized spacial score (nSPS) is 13.6. The van der Waals surface area contributed by atoms with Crippen LogP contribution in [0.1, 0.15) is 33.7 Å². The van der Waals surface area contributed by atoms with Gasteiger partial charge in [0.1, 0.15) is 0 Å². The van der Waals surface area contributed by atoms with Crippen molar-refractivity contribution in [1.82, 2.24) is 20.2 Å². The van der Waals surface area contributed by atoms with E-state index in [1.807, 2.05) is 4.90 Å². The Balaban J connectivity index is 1.77. The second-order valence-corrected chi connectivity index (χ2v) is 6.87. The second-order valence-electron chi connectivity index (χ2n) is 5.89. The summed E-state index contributed by atoms with van der Waals surface area (Å²) < 4.78 is 4.71. The van der Waals surface area contributed by atoms with Crippen molar-refractivity contribution in [1.29, 1.82) is 0 Å². The Labute approximate surface area is 152 Å². The minimum Gasteiger partial charge on any atom is -0.465 e. The highest BCUT2D eigenvalue weighted by atomic mass is 32.1. The van der Waals surface area contributed by atoms with E-state index in [2.05, 4.69) is 20.2 Å². The first-order valence-corrected chi connectivity index (χ1v) is 8.76. The van der Waals surface area contributed by atoms with Crippen LogP contribution in [-0.4, -0.2) is 45.2 Å². The number of thiazole rings is 1. The van der Waals surface area contributed by atoms with E-state index in [1.54, 1.807) is 18.5 Å². The predicted molar refractivity (Wildman–Crippen MR) is 95.5 cm³/mol. The molecular formula is C16H16N6O3S. The van der Waals surface area contributed by atoms with Crippen molar-refractivity contribution in [2.45, 2.75) is 18.9 Å². The standard InChI is InChI=1S/C16H16N6O3S/c1-25-15(24)8-4-11(18-5-8)13-12(14(17)23)21-16(26-13)22(9-2-3-9)10-6-19-20-7-10/h4-7,9,18H,2-3H2,1H3,(H2,17,23)(H,19,20). The van der Waals surface area contributed by atoms with Crippen LogP contribution < -0.4 is 10.6 Å². The lowest BCUT2D eigenvalue weighted by Gasteiger charge is -2.18. The molecule has 26 heavy (non-hydrogen) atoms. The van der Waals surface area contributed by atoms with Crippen LogP contribution in [0.5, 0.6) is 0 Å². The van der Waals surface area contributed by atoms with E-state index >= 15 is 0 Å². The molecule has 10 heteroatoms. The highest BCUT2D eigenvalue weighted by Crippen LogP contribution is 2.42. The summed E-state index contributed by atoms with van der Waals surface area (Å²) in [7, 11) is 1.31. The van der Waals surface area contributed by atoms with Gasteiger partial charge < -0.3 is 20.4 Å². The third-order valence-corrected chi connectivity index (χ3v) is 5.17. The van der Waals surface area contributed by atoms with Gasteiger partial charge in [0.2, 0.25) is 0 Å². The fourth-order valence-electron chi connectivity index (χ4n) is 2.71. The Morgan fingerprint density at radius 1 is 1.38 bits per heavy atom. The topological polar surface area (TPSA) is 130 Å². The number of anilines is 2. The molecular weight excluding hydrogens is 356 g/mol. The quantitative estimate of drug-likeness (QED) is 0.568. The molecule has 0 bridgehead atoms. The number of aromatic nitrogens is 4. The average molecular weight is 372 g/mol. The number of esters is 1. The Kier molecular flexibility index (Phi) is 3.96. The van der Waals surface area contributed by atoms with Gasteiger partial charge in [-0.3, -0.25) is 9.89 Å². The molecule has 1 saturated carbocycles. The molecule has 1 aliphatic rings. The van der Waals surface area contributed by atoms with E-state index < -0.39 is 11.9 Å². The van der Waals surface area contributed by atoms with Gasteiger partial charge in [0.05, 0.1) is 35.1 Å². The first-order valence-electron chi connectivity index (χ1n) is 7.94. The van der Waals surface area contributed by atoms with Crippen LogP contribution in [0.25, 0.3) is 10.6 Å². The monoisotopic (exact) mass is 372 g/mol. The van der Waals surface area contributed by atoms with Crippen molar-refractivity contribution in [3.05, 3.63) is 35.9 Å². The maximum absolute atomic E-state index is 11.9. The number of nitrogens with zero attached hydrogens (tertiary/aromatic N) is 3. The molecule has 0 spiro atoms. The fourth-order valence-corrected chi connectivity index (χ4v) is 3.85. The van der Waals surface area contributed by atoms with Crippen molar-refractivity contribution in [2.24, 2.45) is 5.73 Å². The van der Waals surface area contributed by atoms with E-state index in [1.165, 1.54) is 24.6 Å². The van der Waals surface area contributed by atoms with Gasteiger partial charge in [-0.25, -0.2) is 9.78 Å². The molecule has 0 aromatic carbocycles. The van der Waals surface area contributed by atoms with E-state index in [0.29, 0.717) is 27.3 Å². The highest BCUT2D eigenvalue weighted by molar-refractivity contribution is 7.19. The molecule has 3 aromatic heterocycles. The first-order chi connectivity index (χ1) is 12.6. The number of H-pyrrole nitrogens is 2. The van der Waals surface area contributed by atoms with E-state index in [9.17, 15) is 9.59 Å². The third-order valence-electron chi connectivity index (χ3n) is 4.08. The van der Waals surface area contributed by atoms with Gasteiger partial charge in [0.15, 0.2) is 10.8 Å². The lowest BCUT2D eigenvalue weighted by Crippen LogP contribution is -2.19. The van der Waals surface area contributed by atoms with Crippen LogP contribution in [0.3, 0.4) is 0 Å².